The lowest BCUT2D eigenvalue weighted by Crippen LogP contribution is -2.19. The summed E-state index contributed by atoms with van der Waals surface area (Å²) in [6.45, 7) is 7.90. The Morgan fingerprint density at radius 1 is 1.30 bits per heavy atom. The molecular formula is C18H26N2. The first-order chi connectivity index (χ1) is 9.58. The first-order valence-corrected chi connectivity index (χ1v) is 7.89. The molecule has 3 rings (SSSR count). The van der Waals surface area contributed by atoms with Gasteiger partial charge in [-0.3, -0.25) is 0 Å². The Bertz CT molecular complexity index is 618. The number of rotatable bonds is 5. The van der Waals surface area contributed by atoms with Crippen LogP contribution in [0.15, 0.2) is 18.2 Å². The number of nitrogens with zero attached hydrogens (tertiary/aromatic N) is 1. The lowest BCUT2D eigenvalue weighted by atomic mass is 9.99. The Morgan fingerprint density at radius 3 is 2.70 bits per heavy atom. The first-order valence-electron chi connectivity index (χ1n) is 7.89. The van der Waals surface area contributed by atoms with E-state index < -0.39 is 0 Å². The van der Waals surface area contributed by atoms with Crippen LogP contribution in [0.4, 0.5) is 0 Å². The molecule has 0 amide bonds. The van der Waals surface area contributed by atoms with Crippen LogP contribution in [0.1, 0.15) is 49.4 Å². The topological polar surface area (TPSA) is 17.0 Å². The number of aromatic nitrogens is 1. The average molecular weight is 270 g/mol. The zero-order chi connectivity index (χ0) is 14.3. The van der Waals surface area contributed by atoms with Gasteiger partial charge in [0.2, 0.25) is 0 Å². The number of nitrogens with one attached hydrogen (secondary N) is 1. The van der Waals surface area contributed by atoms with E-state index in [1.165, 1.54) is 40.6 Å². The van der Waals surface area contributed by atoms with E-state index in [0.717, 1.165) is 19.0 Å². The van der Waals surface area contributed by atoms with Gasteiger partial charge in [-0.05, 0) is 61.9 Å². The molecule has 2 nitrogen and oxygen atoms in total. The lowest BCUT2D eigenvalue weighted by molar-refractivity contribution is 0.680. The van der Waals surface area contributed by atoms with Gasteiger partial charge in [0.05, 0.1) is 0 Å². The highest BCUT2D eigenvalue weighted by Crippen LogP contribution is 2.29. The van der Waals surface area contributed by atoms with Crippen LogP contribution < -0.4 is 5.32 Å². The van der Waals surface area contributed by atoms with Gasteiger partial charge >= 0.3 is 0 Å². The summed E-state index contributed by atoms with van der Waals surface area (Å²) in [6.07, 6.45) is 3.87. The zero-order valence-corrected chi connectivity index (χ0v) is 13.2. The fourth-order valence-electron chi connectivity index (χ4n) is 3.03. The van der Waals surface area contributed by atoms with Crippen molar-refractivity contribution >= 4 is 10.9 Å². The van der Waals surface area contributed by atoms with Gasteiger partial charge in [-0.2, -0.15) is 0 Å². The third-order valence-electron chi connectivity index (χ3n) is 4.70. The predicted octanol–water partition coefficient (Wildman–Crippen LogP) is 3.90. The molecule has 0 aliphatic heterocycles. The number of fused-ring (bicyclic) bond motifs is 1. The molecule has 0 bridgehead atoms. The standard InChI is InChI=1S/C18H26N2/c1-12(2)14-5-8-18-17(11-14)16(13(3)20(18)4)9-10-19-15-6-7-15/h5,8,11-12,15,19H,6-7,9-10H2,1-4H3. The minimum absolute atomic E-state index is 0.595. The molecule has 1 aromatic heterocycles. The van der Waals surface area contributed by atoms with Crippen LogP contribution in [0.2, 0.25) is 0 Å². The summed E-state index contributed by atoms with van der Waals surface area (Å²) in [5, 5.41) is 5.09. The molecule has 1 aliphatic carbocycles. The molecular weight excluding hydrogens is 244 g/mol. The molecule has 1 aromatic carbocycles. The summed E-state index contributed by atoms with van der Waals surface area (Å²) in [5.74, 6) is 0.595. The summed E-state index contributed by atoms with van der Waals surface area (Å²) in [6, 6.07) is 7.77. The Hall–Kier alpha value is -1.28. The smallest absolute Gasteiger partial charge is 0.0482 e. The second-order valence-electron chi connectivity index (χ2n) is 6.53. The van der Waals surface area contributed by atoms with E-state index in [1.54, 1.807) is 0 Å². The SMILES string of the molecule is Cc1c(CCNC2CC2)c2cc(C(C)C)ccc2n1C. The van der Waals surface area contributed by atoms with Crippen LogP contribution in [0.5, 0.6) is 0 Å². The van der Waals surface area contributed by atoms with E-state index in [0.29, 0.717) is 5.92 Å². The molecule has 0 saturated heterocycles. The highest BCUT2D eigenvalue weighted by atomic mass is 15.0. The number of aryl methyl sites for hydroxylation is 1. The summed E-state index contributed by atoms with van der Waals surface area (Å²) in [7, 11) is 2.19. The molecule has 0 spiro atoms. The number of hydrogen-bond donors (Lipinski definition) is 1. The van der Waals surface area contributed by atoms with Crippen molar-refractivity contribution in [1.29, 1.82) is 0 Å². The van der Waals surface area contributed by atoms with E-state index in [2.05, 4.69) is 55.9 Å². The van der Waals surface area contributed by atoms with E-state index in [1.807, 2.05) is 0 Å². The molecule has 1 aliphatic rings. The normalized spacial score (nSPS) is 15.4. The molecule has 0 unspecified atom stereocenters. The maximum Gasteiger partial charge on any atom is 0.0482 e. The molecule has 108 valence electrons. The van der Waals surface area contributed by atoms with Crippen molar-refractivity contribution in [2.24, 2.45) is 7.05 Å². The van der Waals surface area contributed by atoms with Crippen LogP contribution in [-0.2, 0) is 13.5 Å². The van der Waals surface area contributed by atoms with E-state index in [-0.39, 0.29) is 0 Å². The second kappa shape index (κ2) is 5.25. The van der Waals surface area contributed by atoms with Crippen LogP contribution in [0, 0.1) is 6.92 Å². The molecule has 1 heterocycles. The third kappa shape index (κ3) is 2.49. The average Bonchev–Trinajstić information content (AvgIpc) is 3.22. The minimum atomic E-state index is 0.595. The monoisotopic (exact) mass is 270 g/mol. The Morgan fingerprint density at radius 2 is 2.05 bits per heavy atom. The summed E-state index contributed by atoms with van der Waals surface area (Å²) >= 11 is 0. The van der Waals surface area contributed by atoms with Gasteiger partial charge in [0.15, 0.2) is 0 Å². The second-order valence-corrected chi connectivity index (χ2v) is 6.53. The molecule has 1 N–H and O–H groups in total. The predicted molar refractivity (Wildman–Crippen MR) is 86.5 cm³/mol. The van der Waals surface area contributed by atoms with E-state index >= 15 is 0 Å². The third-order valence-corrected chi connectivity index (χ3v) is 4.70. The molecule has 0 atom stereocenters. The highest BCUT2D eigenvalue weighted by Gasteiger charge is 2.20. The van der Waals surface area contributed by atoms with Crippen LogP contribution in [0.25, 0.3) is 10.9 Å². The Balaban J connectivity index is 1.94. The number of hydrogen-bond acceptors (Lipinski definition) is 1. The fourth-order valence-corrected chi connectivity index (χ4v) is 3.03. The van der Waals surface area contributed by atoms with Crippen molar-refractivity contribution in [2.45, 2.75) is 52.0 Å². The maximum absolute atomic E-state index is 3.63. The van der Waals surface area contributed by atoms with E-state index in [4.69, 9.17) is 0 Å². The van der Waals surface area contributed by atoms with Crippen molar-refractivity contribution < 1.29 is 0 Å². The van der Waals surface area contributed by atoms with Crippen molar-refractivity contribution in [1.82, 2.24) is 9.88 Å². The van der Waals surface area contributed by atoms with Gasteiger partial charge in [-0.25, -0.2) is 0 Å². The van der Waals surface area contributed by atoms with Crippen molar-refractivity contribution in [3.63, 3.8) is 0 Å². The van der Waals surface area contributed by atoms with Crippen LogP contribution in [0.3, 0.4) is 0 Å². The van der Waals surface area contributed by atoms with Crippen molar-refractivity contribution in [3.05, 3.63) is 35.0 Å². The van der Waals surface area contributed by atoms with Crippen LogP contribution in [-0.4, -0.2) is 17.2 Å². The van der Waals surface area contributed by atoms with E-state index in [9.17, 15) is 0 Å². The minimum Gasteiger partial charge on any atom is -0.348 e. The maximum atomic E-state index is 3.63. The molecule has 20 heavy (non-hydrogen) atoms. The fraction of sp³-hybridized carbons (Fsp3) is 0.556. The molecule has 0 radical (unpaired) electrons. The molecule has 1 fully saturated rings. The largest absolute Gasteiger partial charge is 0.348 e. The van der Waals surface area contributed by atoms with Crippen molar-refractivity contribution in [2.75, 3.05) is 6.54 Å². The van der Waals surface area contributed by atoms with Gasteiger partial charge in [0.25, 0.3) is 0 Å². The molecule has 1 saturated carbocycles. The summed E-state index contributed by atoms with van der Waals surface area (Å²) < 4.78 is 2.34. The lowest BCUT2D eigenvalue weighted by Gasteiger charge is -2.07. The van der Waals surface area contributed by atoms with Crippen LogP contribution >= 0.6 is 0 Å². The zero-order valence-electron chi connectivity index (χ0n) is 13.2. The highest BCUT2D eigenvalue weighted by molar-refractivity contribution is 5.86. The van der Waals surface area contributed by atoms with Gasteiger partial charge in [-0.1, -0.05) is 19.9 Å². The number of benzene rings is 1. The molecule has 2 heteroatoms. The van der Waals surface area contributed by atoms with Gasteiger partial charge in [0.1, 0.15) is 0 Å². The molecule has 2 aromatic rings. The summed E-state index contributed by atoms with van der Waals surface area (Å²) in [5.41, 5.74) is 5.75. The Kier molecular flexibility index (Phi) is 3.59. The quantitative estimate of drug-likeness (QED) is 0.872. The van der Waals surface area contributed by atoms with Gasteiger partial charge < -0.3 is 9.88 Å². The summed E-state index contributed by atoms with van der Waals surface area (Å²) in [4.78, 5) is 0. The van der Waals surface area contributed by atoms with Gasteiger partial charge in [0, 0.05) is 29.7 Å². The van der Waals surface area contributed by atoms with Gasteiger partial charge in [-0.15, -0.1) is 0 Å². The Labute approximate surface area is 122 Å². The van der Waals surface area contributed by atoms with Crippen molar-refractivity contribution in [3.8, 4) is 0 Å². The first kappa shape index (κ1) is 13.7.